The second-order valence-electron chi connectivity index (χ2n) is 3.58. The van der Waals surface area contributed by atoms with Crippen molar-refractivity contribution in [2.75, 3.05) is 13.1 Å². The lowest BCUT2D eigenvalue weighted by Crippen LogP contribution is -2.42. The summed E-state index contributed by atoms with van der Waals surface area (Å²) in [6.07, 6.45) is 1.49. The van der Waals surface area contributed by atoms with Gasteiger partial charge >= 0.3 is 12.0 Å². The highest BCUT2D eigenvalue weighted by Gasteiger charge is 2.15. The molecular formula is C11H15N3O3S. The van der Waals surface area contributed by atoms with Gasteiger partial charge in [-0.2, -0.15) is 0 Å². The van der Waals surface area contributed by atoms with Gasteiger partial charge in [0, 0.05) is 11.4 Å². The van der Waals surface area contributed by atoms with Crippen molar-refractivity contribution in [3.63, 3.8) is 0 Å². The number of carbonyl (C=O) groups is 2. The van der Waals surface area contributed by atoms with Crippen molar-refractivity contribution < 1.29 is 14.7 Å². The van der Waals surface area contributed by atoms with E-state index < -0.39 is 12.0 Å². The number of aliphatic carboxylic acids is 1. The molecule has 2 amide bonds. The molecule has 2 N–H and O–H groups in total. The summed E-state index contributed by atoms with van der Waals surface area (Å²) >= 11 is 1.45. The van der Waals surface area contributed by atoms with E-state index in [0.29, 0.717) is 6.54 Å². The molecule has 1 heterocycles. The Labute approximate surface area is 109 Å². The number of carboxylic acid groups (broad SMARTS) is 1. The SMILES string of the molecule is C=CCN(CC(=O)O)C(=O)NCc1scnc1C. The van der Waals surface area contributed by atoms with Crippen molar-refractivity contribution in [3.8, 4) is 0 Å². The van der Waals surface area contributed by atoms with Gasteiger partial charge in [0.2, 0.25) is 0 Å². The highest BCUT2D eigenvalue weighted by Crippen LogP contribution is 2.11. The van der Waals surface area contributed by atoms with Gasteiger partial charge in [-0.05, 0) is 6.92 Å². The monoisotopic (exact) mass is 269 g/mol. The average molecular weight is 269 g/mol. The molecule has 0 bridgehead atoms. The summed E-state index contributed by atoms with van der Waals surface area (Å²) in [4.78, 5) is 28.6. The Morgan fingerprint density at radius 2 is 2.39 bits per heavy atom. The van der Waals surface area contributed by atoms with Crippen LogP contribution in [-0.4, -0.2) is 40.1 Å². The fourth-order valence-corrected chi connectivity index (χ4v) is 2.02. The van der Waals surface area contributed by atoms with Crippen molar-refractivity contribution in [1.29, 1.82) is 0 Å². The molecule has 0 atom stereocenters. The predicted molar refractivity (Wildman–Crippen MR) is 68.5 cm³/mol. The molecule has 98 valence electrons. The van der Waals surface area contributed by atoms with Crippen LogP contribution in [0.3, 0.4) is 0 Å². The molecule has 0 aliphatic heterocycles. The van der Waals surface area contributed by atoms with Crippen LogP contribution < -0.4 is 5.32 Å². The average Bonchev–Trinajstić information content (AvgIpc) is 2.70. The Morgan fingerprint density at radius 1 is 1.67 bits per heavy atom. The van der Waals surface area contributed by atoms with Crippen LogP contribution in [0.5, 0.6) is 0 Å². The van der Waals surface area contributed by atoms with Crippen LogP contribution in [0.2, 0.25) is 0 Å². The zero-order valence-electron chi connectivity index (χ0n) is 10.0. The Kier molecular flexibility index (Phi) is 5.31. The molecule has 18 heavy (non-hydrogen) atoms. The number of hydrogen-bond donors (Lipinski definition) is 2. The van der Waals surface area contributed by atoms with Crippen LogP contribution in [0, 0.1) is 6.92 Å². The minimum atomic E-state index is -1.05. The third kappa shape index (κ3) is 4.17. The van der Waals surface area contributed by atoms with Gasteiger partial charge in [-0.15, -0.1) is 17.9 Å². The van der Waals surface area contributed by atoms with E-state index in [1.807, 2.05) is 6.92 Å². The lowest BCUT2D eigenvalue weighted by Gasteiger charge is -2.19. The first-order valence-electron chi connectivity index (χ1n) is 5.29. The highest BCUT2D eigenvalue weighted by atomic mass is 32.1. The summed E-state index contributed by atoms with van der Waals surface area (Å²) in [6.45, 7) is 5.55. The molecule has 7 heteroatoms. The first-order valence-corrected chi connectivity index (χ1v) is 6.17. The standard InChI is InChI=1S/C11H15N3O3S/c1-3-4-14(6-10(15)16)11(17)12-5-9-8(2)13-7-18-9/h3,7H,1,4-6H2,2H3,(H,12,17)(H,15,16). The maximum absolute atomic E-state index is 11.8. The molecule has 0 unspecified atom stereocenters. The molecule has 0 radical (unpaired) electrons. The fourth-order valence-electron chi connectivity index (χ4n) is 1.30. The third-order valence-electron chi connectivity index (χ3n) is 2.21. The minimum absolute atomic E-state index is 0.194. The lowest BCUT2D eigenvalue weighted by molar-refractivity contribution is -0.137. The Morgan fingerprint density at radius 3 is 2.89 bits per heavy atom. The van der Waals surface area contributed by atoms with Gasteiger partial charge in [-0.25, -0.2) is 9.78 Å². The number of aromatic nitrogens is 1. The van der Waals surface area contributed by atoms with Crippen molar-refractivity contribution in [1.82, 2.24) is 15.2 Å². The summed E-state index contributed by atoms with van der Waals surface area (Å²) in [6, 6.07) is -0.426. The van der Waals surface area contributed by atoms with Crippen molar-refractivity contribution >= 4 is 23.3 Å². The van der Waals surface area contributed by atoms with Crippen LogP contribution in [0.25, 0.3) is 0 Å². The Bertz CT molecular complexity index is 444. The number of carbonyl (C=O) groups excluding carboxylic acids is 1. The summed E-state index contributed by atoms with van der Waals surface area (Å²) in [5.74, 6) is -1.05. The van der Waals surface area contributed by atoms with E-state index >= 15 is 0 Å². The second-order valence-corrected chi connectivity index (χ2v) is 4.52. The topological polar surface area (TPSA) is 82.5 Å². The molecule has 0 aliphatic carbocycles. The number of hydrogen-bond acceptors (Lipinski definition) is 4. The predicted octanol–water partition coefficient (Wildman–Crippen LogP) is 1.23. The minimum Gasteiger partial charge on any atom is -0.480 e. The van der Waals surface area contributed by atoms with Gasteiger partial charge in [0.15, 0.2) is 0 Å². The molecule has 6 nitrogen and oxygen atoms in total. The molecule has 0 saturated heterocycles. The zero-order chi connectivity index (χ0) is 13.5. The zero-order valence-corrected chi connectivity index (χ0v) is 10.9. The number of carboxylic acids is 1. The molecule has 0 fully saturated rings. The summed E-state index contributed by atoms with van der Waals surface area (Å²) in [7, 11) is 0. The van der Waals surface area contributed by atoms with E-state index in [2.05, 4.69) is 16.9 Å². The maximum Gasteiger partial charge on any atom is 0.323 e. The van der Waals surface area contributed by atoms with Crippen LogP contribution in [0.4, 0.5) is 4.79 Å². The lowest BCUT2D eigenvalue weighted by atomic mass is 10.4. The first-order chi connectivity index (χ1) is 8.54. The molecule has 1 aromatic heterocycles. The molecule has 0 spiro atoms. The van der Waals surface area contributed by atoms with Crippen molar-refractivity contribution in [3.05, 3.63) is 28.7 Å². The molecule has 1 rings (SSSR count). The molecule has 0 aromatic carbocycles. The number of urea groups is 1. The molecule has 1 aromatic rings. The van der Waals surface area contributed by atoms with Crippen LogP contribution >= 0.6 is 11.3 Å². The Hall–Kier alpha value is -1.89. The largest absolute Gasteiger partial charge is 0.480 e. The molecule has 0 saturated carbocycles. The molecular weight excluding hydrogens is 254 g/mol. The number of nitrogens with one attached hydrogen (secondary N) is 1. The quantitative estimate of drug-likeness (QED) is 0.761. The van der Waals surface area contributed by atoms with Crippen LogP contribution in [-0.2, 0) is 11.3 Å². The van der Waals surface area contributed by atoms with E-state index in [-0.39, 0.29) is 13.1 Å². The van der Waals surface area contributed by atoms with Gasteiger partial charge < -0.3 is 15.3 Å². The van der Waals surface area contributed by atoms with Crippen molar-refractivity contribution in [2.45, 2.75) is 13.5 Å². The summed E-state index contributed by atoms with van der Waals surface area (Å²) < 4.78 is 0. The van der Waals surface area contributed by atoms with Gasteiger partial charge in [0.1, 0.15) is 6.54 Å². The summed E-state index contributed by atoms with van der Waals surface area (Å²) in [5, 5.41) is 11.4. The number of thiazole rings is 1. The van der Waals surface area contributed by atoms with E-state index in [1.165, 1.54) is 22.3 Å². The fraction of sp³-hybridized carbons (Fsp3) is 0.364. The first kappa shape index (κ1) is 14.2. The molecule has 0 aliphatic rings. The van der Waals surface area contributed by atoms with E-state index in [4.69, 9.17) is 5.11 Å². The number of amides is 2. The maximum atomic E-state index is 11.8. The van der Waals surface area contributed by atoms with E-state index in [9.17, 15) is 9.59 Å². The number of aryl methyl sites for hydroxylation is 1. The normalized spacial score (nSPS) is 9.83. The van der Waals surface area contributed by atoms with E-state index in [1.54, 1.807) is 5.51 Å². The third-order valence-corrected chi connectivity index (χ3v) is 3.14. The number of rotatable bonds is 6. The van der Waals surface area contributed by atoms with E-state index in [0.717, 1.165) is 10.6 Å². The van der Waals surface area contributed by atoms with Crippen LogP contribution in [0.15, 0.2) is 18.2 Å². The van der Waals surface area contributed by atoms with Gasteiger partial charge in [0.25, 0.3) is 0 Å². The van der Waals surface area contributed by atoms with Gasteiger partial charge in [-0.1, -0.05) is 6.08 Å². The second kappa shape index (κ2) is 6.75. The van der Waals surface area contributed by atoms with Gasteiger partial charge in [-0.3, -0.25) is 4.79 Å². The Balaban J connectivity index is 2.53. The summed E-state index contributed by atoms with van der Waals surface area (Å²) in [5.41, 5.74) is 2.57. The highest BCUT2D eigenvalue weighted by molar-refractivity contribution is 7.09. The number of nitrogens with zero attached hydrogens (tertiary/aromatic N) is 2. The van der Waals surface area contributed by atoms with Crippen molar-refractivity contribution in [2.24, 2.45) is 0 Å². The van der Waals surface area contributed by atoms with Crippen LogP contribution in [0.1, 0.15) is 10.6 Å². The van der Waals surface area contributed by atoms with Gasteiger partial charge in [0.05, 0.1) is 17.7 Å². The smallest absolute Gasteiger partial charge is 0.323 e.